The van der Waals surface area contributed by atoms with Gasteiger partial charge in [0.15, 0.2) is 0 Å². The second-order valence-electron chi connectivity index (χ2n) is 13.2. The number of fused-ring (bicyclic) bond motifs is 6. The van der Waals surface area contributed by atoms with Crippen LogP contribution in [0, 0.1) is 19.0 Å². The minimum Gasteiger partial charge on any atom is -0.501 e. The van der Waals surface area contributed by atoms with Crippen molar-refractivity contribution in [2.24, 2.45) is 0 Å². The second-order valence-corrected chi connectivity index (χ2v) is 22.6. The Morgan fingerprint density at radius 3 is 2.33 bits per heavy atom. The van der Waals surface area contributed by atoms with Gasteiger partial charge >= 0.3 is 0 Å². The molecule has 1 aliphatic rings. The third-order valence-corrected chi connectivity index (χ3v) is 14.3. The van der Waals surface area contributed by atoms with E-state index in [4.69, 9.17) is 8.53 Å². The molecule has 0 atom stereocenters. The van der Waals surface area contributed by atoms with Gasteiger partial charge in [0.2, 0.25) is 0 Å². The summed E-state index contributed by atoms with van der Waals surface area (Å²) < 4.78 is 29.6. The molecule has 3 aromatic heterocycles. The number of aryl methyl sites for hydroxylation is 1. The van der Waals surface area contributed by atoms with Crippen molar-refractivity contribution in [3.8, 4) is 33.6 Å². The third kappa shape index (κ3) is 5.76. The maximum Gasteiger partial charge on any atom is 0.121 e. The predicted molar refractivity (Wildman–Crippen MR) is 194 cm³/mol. The summed E-state index contributed by atoms with van der Waals surface area (Å²) >= 11 is 0. The number of nitrogens with zero attached hydrogens (tertiary/aromatic N) is 2. The molecule has 7 aromatic rings. The topological polar surface area (TPSA) is 38.9 Å². The van der Waals surface area contributed by atoms with E-state index in [2.05, 4.69) is 103 Å². The van der Waals surface area contributed by atoms with E-state index in [1.54, 1.807) is 6.07 Å². The molecule has 0 fully saturated rings. The third-order valence-electron chi connectivity index (χ3n) is 8.77. The number of pyridine rings is 2. The van der Waals surface area contributed by atoms with Crippen LogP contribution < -0.4 is 15.6 Å². The number of hydrogen-bond donors (Lipinski definition) is 0. The van der Waals surface area contributed by atoms with Gasteiger partial charge in [0.25, 0.3) is 0 Å². The average Bonchev–Trinajstić information content (AvgIpc) is 3.55. The molecule has 0 amide bonds. The fourth-order valence-corrected chi connectivity index (χ4v) is 10.4. The van der Waals surface area contributed by atoms with Crippen LogP contribution in [0.3, 0.4) is 0 Å². The Morgan fingerprint density at radius 1 is 0.761 bits per heavy atom. The minimum absolute atomic E-state index is 0. The molecular weight excluding hydrogens is 773 g/mol. The van der Waals surface area contributed by atoms with Gasteiger partial charge in [0.1, 0.15) is 13.7 Å². The maximum atomic E-state index is 7.73. The molecule has 0 bridgehead atoms. The molecule has 46 heavy (non-hydrogen) atoms. The second kappa shape index (κ2) is 12.3. The zero-order chi connectivity index (χ0) is 33.8. The van der Waals surface area contributed by atoms with Gasteiger partial charge < -0.3 is 14.4 Å². The van der Waals surface area contributed by atoms with Gasteiger partial charge in [-0.2, -0.15) is 0 Å². The Hall–Kier alpha value is -3.94. The normalized spacial score (nSPS) is 14.2. The fraction of sp³-hybridized carbons (Fsp3) is 0.150. The van der Waals surface area contributed by atoms with Crippen molar-refractivity contribution in [1.29, 1.82) is 0 Å². The molecule has 4 aromatic carbocycles. The van der Waals surface area contributed by atoms with Crippen molar-refractivity contribution in [2.45, 2.75) is 39.6 Å². The standard InChI is InChI=1S/C26H20NOSi.C14H16NSi.Ir/c1-16-11-12-27-22(13-16)19-9-6-8-18-20-15-25-21(14-23(20)28-26(18)19)17-7-4-5-10-24(17)29(25,2)3;1-16(2,3)13-9-10-14(15-11-13)12-7-5-4-6-8-12;/h4-8,10-15H,1-3H3;4-7,9-11H,1-3H3;/q2*-1;/i1D3;;. The SMILES string of the molecule is C[Si](C)(C)c1ccc(-c2[c-]cccc2)nc1.[2H]C([2H])([2H])c1ccnc(-c2[c-]ccc3c2oc2cc4c(cc23)[Si](C)(C)c2ccccc2-4)c1.[Ir]. The number of rotatable bonds is 3. The first-order valence-electron chi connectivity index (χ1n) is 16.7. The van der Waals surface area contributed by atoms with Crippen LogP contribution in [0.15, 0.2) is 114 Å². The van der Waals surface area contributed by atoms with Crippen molar-refractivity contribution in [3.05, 3.63) is 127 Å². The Kier molecular flexibility index (Phi) is 7.60. The summed E-state index contributed by atoms with van der Waals surface area (Å²) in [4.78, 5) is 8.94. The zero-order valence-corrected chi connectivity index (χ0v) is 30.9. The molecule has 0 unspecified atom stereocenters. The van der Waals surface area contributed by atoms with Crippen LogP contribution >= 0.6 is 0 Å². The largest absolute Gasteiger partial charge is 0.501 e. The fourth-order valence-electron chi connectivity index (χ4n) is 6.24. The Labute approximate surface area is 291 Å². The van der Waals surface area contributed by atoms with E-state index >= 15 is 0 Å². The van der Waals surface area contributed by atoms with Crippen molar-refractivity contribution < 1.29 is 28.6 Å². The first kappa shape index (κ1) is 28.3. The van der Waals surface area contributed by atoms with Gasteiger partial charge in [0, 0.05) is 42.0 Å². The summed E-state index contributed by atoms with van der Waals surface area (Å²) in [5.74, 6) is 0. The molecule has 1 radical (unpaired) electrons. The summed E-state index contributed by atoms with van der Waals surface area (Å²) in [6, 6.07) is 38.8. The Morgan fingerprint density at radius 2 is 1.59 bits per heavy atom. The summed E-state index contributed by atoms with van der Waals surface area (Å²) in [6.45, 7) is 9.60. The monoisotopic (exact) mass is 812 g/mol. The summed E-state index contributed by atoms with van der Waals surface area (Å²) in [7, 11) is -3.02. The summed E-state index contributed by atoms with van der Waals surface area (Å²) in [5, 5.41) is 6.36. The molecule has 0 spiro atoms. The van der Waals surface area contributed by atoms with Gasteiger partial charge in [-0.15, -0.1) is 54.1 Å². The summed E-state index contributed by atoms with van der Waals surface area (Å²) in [6.07, 6.45) is 3.55. The molecule has 0 aliphatic carbocycles. The van der Waals surface area contributed by atoms with Gasteiger partial charge in [0.05, 0.1) is 13.7 Å². The van der Waals surface area contributed by atoms with Crippen LogP contribution in [0.4, 0.5) is 0 Å². The predicted octanol–water partition coefficient (Wildman–Crippen LogP) is 8.65. The first-order valence-corrected chi connectivity index (χ1v) is 21.7. The van der Waals surface area contributed by atoms with E-state index in [1.165, 1.54) is 39.0 Å². The van der Waals surface area contributed by atoms with Crippen LogP contribution in [0.5, 0.6) is 0 Å². The van der Waals surface area contributed by atoms with Gasteiger partial charge in [-0.05, 0) is 57.1 Å². The van der Waals surface area contributed by atoms with Crippen molar-refractivity contribution in [2.75, 3.05) is 0 Å². The van der Waals surface area contributed by atoms with E-state index < -0.39 is 23.0 Å². The average molecular weight is 812 g/mol. The van der Waals surface area contributed by atoms with Crippen molar-refractivity contribution >= 4 is 53.6 Å². The minimum atomic E-state index is -2.19. The van der Waals surface area contributed by atoms with E-state index in [0.717, 1.165) is 27.6 Å². The van der Waals surface area contributed by atoms with E-state index in [0.29, 0.717) is 16.8 Å². The van der Waals surface area contributed by atoms with E-state index in [1.807, 2.05) is 42.6 Å². The number of benzene rings is 4. The molecule has 3 nitrogen and oxygen atoms in total. The molecule has 0 saturated heterocycles. The molecule has 0 N–H and O–H groups in total. The first-order chi connectivity index (χ1) is 22.8. The number of hydrogen-bond acceptors (Lipinski definition) is 3. The molecular formula is C40H36IrN2OSi2-2. The molecule has 1 aliphatic heterocycles. The van der Waals surface area contributed by atoms with E-state index in [-0.39, 0.29) is 25.7 Å². The van der Waals surface area contributed by atoms with Crippen LogP contribution in [-0.4, -0.2) is 26.1 Å². The maximum absolute atomic E-state index is 7.73. The van der Waals surface area contributed by atoms with Crippen LogP contribution in [0.25, 0.3) is 55.6 Å². The van der Waals surface area contributed by atoms with Crippen molar-refractivity contribution in [3.63, 3.8) is 0 Å². The number of furan rings is 1. The zero-order valence-electron chi connectivity index (χ0n) is 29.5. The van der Waals surface area contributed by atoms with Crippen LogP contribution in [0.2, 0.25) is 32.7 Å². The summed E-state index contributed by atoms with van der Waals surface area (Å²) in [5.41, 5.74) is 7.64. The molecule has 4 heterocycles. The Balaban J connectivity index is 0.000000208. The Bertz CT molecular complexity index is 2290. The van der Waals surface area contributed by atoms with Crippen LogP contribution in [0.1, 0.15) is 9.68 Å². The van der Waals surface area contributed by atoms with Gasteiger partial charge in [-0.25, -0.2) is 0 Å². The molecule has 231 valence electrons. The molecule has 8 rings (SSSR count). The number of aromatic nitrogens is 2. The van der Waals surface area contributed by atoms with E-state index in [9.17, 15) is 0 Å². The molecule has 0 saturated carbocycles. The quantitative estimate of drug-likeness (QED) is 0.133. The van der Waals surface area contributed by atoms with Gasteiger partial charge in [-0.3, -0.25) is 0 Å². The van der Waals surface area contributed by atoms with Crippen molar-refractivity contribution in [1.82, 2.24) is 9.97 Å². The molecule has 6 heteroatoms. The van der Waals surface area contributed by atoms with Gasteiger partial charge in [-0.1, -0.05) is 97.8 Å². The van der Waals surface area contributed by atoms with Crippen LogP contribution in [-0.2, 0) is 20.1 Å². The smallest absolute Gasteiger partial charge is 0.121 e.